The summed E-state index contributed by atoms with van der Waals surface area (Å²) in [4.78, 5) is 16.2. The van der Waals surface area contributed by atoms with Crippen molar-refractivity contribution in [2.45, 2.75) is 20.0 Å². The van der Waals surface area contributed by atoms with Gasteiger partial charge in [-0.2, -0.15) is 9.78 Å². The number of aromatic nitrogens is 3. The molecule has 2 N–H and O–H groups in total. The van der Waals surface area contributed by atoms with Crippen molar-refractivity contribution >= 4 is 23.1 Å². The van der Waals surface area contributed by atoms with Crippen LogP contribution in [0.1, 0.15) is 24.3 Å². The molecular weight excluding hydrogens is 340 g/mol. The molecule has 0 aliphatic rings. The fourth-order valence-electron chi connectivity index (χ4n) is 2.18. The number of benzene rings is 1. The molecule has 1 aromatic carbocycles. The Morgan fingerprint density at radius 2 is 2.00 bits per heavy atom. The van der Waals surface area contributed by atoms with Gasteiger partial charge in [0.15, 0.2) is 5.69 Å². The van der Waals surface area contributed by atoms with Crippen molar-refractivity contribution in [3.05, 3.63) is 41.4 Å². The van der Waals surface area contributed by atoms with Gasteiger partial charge in [0.05, 0.1) is 18.9 Å². The van der Waals surface area contributed by atoms with Gasteiger partial charge in [-0.1, -0.05) is 0 Å². The maximum atomic E-state index is 11.9. The monoisotopic (exact) mass is 358 g/mol. The van der Waals surface area contributed by atoms with E-state index >= 15 is 0 Å². The fourth-order valence-corrected chi connectivity index (χ4v) is 2.94. The van der Waals surface area contributed by atoms with Gasteiger partial charge in [-0.3, -0.25) is 0 Å². The Morgan fingerprint density at radius 3 is 2.64 bits per heavy atom. The van der Waals surface area contributed by atoms with Gasteiger partial charge in [0.2, 0.25) is 5.13 Å². The highest BCUT2D eigenvalue weighted by Gasteiger charge is 2.17. The second kappa shape index (κ2) is 6.94. The van der Waals surface area contributed by atoms with E-state index in [2.05, 4.69) is 10.1 Å². The Balaban J connectivity index is 1.87. The van der Waals surface area contributed by atoms with Crippen LogP contribution in [0.5, 0.6) is 5.75 Å². The van der Waals surface area contributed by atoms with Crippen molar-refractivity contribution in [1.29, 1.82) is 0 Å². The van der Waals surface area contributed by atoms with E-state index in [4.69, 9.17) is 15.2 Å². The number of thiazole rings is 1. The second-order valence-electron chi connectivity index (χ2n) is 5.56. The molecule has 7 nitrogen and oxygen atoms in total. The molecule has 25 heavy (non-hydrogen) atoms. The SMILES string of the molecule is COc1ccc(-c2cc(N)n(-c3nc(C(=O)OC(C)C)cs3)n2)cc1. The molecule has 0 atom stereocenters. The first-order valence-corrected chi connectivity index (χ1v) is 8.52. The minimum absolute atomic E-state index is 0.200. The molecule has 0 amide bonds. The van der Waals surface area contributed by atoms with E-state index in [1.165, 1.54) is 16.0 Å². The maximum absolute atomic E-state index is 11.9. The van der Waals surface area contributed by atoms with Crippen LogP contribution in [0.15, 0.2) is 35.7 Å². The van der Waals surface area contributed by atoms with Gasteiger partial charge in [-0.25, -0.2) is 9.78 Å². The molecule has 2 heterocycles. The number of hydrogen-bond acceptors (Lipinski definition) is 7. The van der Waals surface area contributed by atoms with Gasteiger partial charge in [0.1, 0.15) is 11.6 Å². The molecule has 0 spiro atoms. The van der Waals surface area contributed by atoms with E-state index in [-0.39, 0.29) is 11.8 Å². The lowest BCUT2D eigenvalue weighted by Gasteiger charge is -2.05. The highest BCUT2D eigenvalue weighted by atomic mass is 32.1. The lowest BCUT2D eigenvalue weighted by Crippen LogP contribution is -2.12. The first-order valence-electron chi connectivity index (χ1n) is 7.64. The van der Waals surface area contributed by atoms with Crippen molar-refractivity contribution in [3.8, 4) is 22.1 Å². The van der Waals surface area contributed by atoms with Gasteiger partial charge in [-0.05, 0) is 38.1 Å². The third-order valence-electron chi connectivity index (χ3n) is 3.35. The van der Waals surface area contributed by atoms with E-state index in [0.29, 0.717) is 16.6 Å². The van der Waals surface area contributed by atoms with E-state index in [0.717, 1.165) is 11.3 Å². The Labute approximate surface area is 149 Å². The summed E-state index contributed by atoms with van der Waals surface area (Å²) in [5.74, 6) is 0.743. The van der Waals surface area contributed by atoms with Crippen LogP contribution >= 0.6 is 11.3 Å². The average molecular weight is 358 g/mol. The number of nitrogens with two attached hydrogens (primary N) is 1. The number of carbonyl (C=O) groups excluding carboxylic acids is 1. The van der Waals surface area contributed by atoms with Gasteiger partial charge < -0.3 is 15.2 Å². The molecule has 3 rings (SSSR count). The average Bonchev–Trinajstić information content (AvgIpc) is 3.21. The molecule has 0 fully saturated rings. The summed E-state index contributed by atoms with van der Waals surface area (Å²) in [6.07, 6.45) is -0.200. The van der Waals surface area contributed by atoms with Crippen LogP contribution in [0, 0.1) is 0 Å². The summed E-state index contributed by atoms with van der Waals surface area (Å²) >= 11 is 1.28. The van der Waals surface area contributed by atoms with E-state index in [1.54, 1.807) is 32.4 Å². The standard InChI is InChI=1S/C17H18N4O3S/c1-10(2)24-16(22)14-9-25-17(19-14)21-15(18)8-13(20-21)11-4-6-12(23-3)7-5-11/h4-10H,18H2,1-3H3. The fraction of sp³-hybridized carbons (Fsp3) is 0.235. The van der Waals surface area contributed by atoms with Crippen LogP contribution in [-0.4, -0.2) is 33.9 Å². The van der Waals surface area contributed by atoms with Crippen LogP contribution in [0.2, 0.25) is 0 Å². The molecule has 130 valence electrons. The number of ether oxygens (including phenoxy) is 2. The number of nitrogen functional groups attached to an aromatic ring is 1. The summed E-state index contributed by atoms with van der Waals surface area (Å²) in [5.41, 5.74) is 7.92. The number of methoxy groups -OCH3 is 1. The third kappa shape index (κ3) is 3.63. The lowest BCUT2D eigenvalue weighted by molar-refractivity contribution is 0.0371. The Kier molecular flexibility index (Phi) is 4.71. The van der Waals surface area contributed by atoms with Crippen molar-refractivity contribution in [2.24, 2.45) is 0 Å². The number of hydrogen-bond donors (Lipinski definition) is 1. The van der Waals surface area contributed by atoms with E-state index in [9.17, 15) is 4.79 Å². The molecule has 0 radical (unpaired) electrons. The molecule has 0 aliphatic heterocycles. The van der Waals surface area contributed by atoms with Gasteiger partial charge in [0, 0.05) is 17.0 Å². The zero-order valence-electron chi connectivity index (χ0n) is 14.1. The topological polar surface area (TPSA) is 92.3 Å². The number of esters is 1. The highest BCUT2D eigenvalue weighted by molar-refractivity contribution is 7.12. The highest BCUT2D eigenvalue weighted by Crippen LogP contribution is 2.26. The number of nitrogens with zero attached hydrogens (tertiary/aromatic N) is 3. The quantitative estimate of drug-likeness (QED) is 0.704. The summed E-state index contributed by atoms with van der Waals surface area (Å²) in [6.45, 7) is 3.58. The molecule has 0 bridgehead atoms. The molecular formula is C17H18N4O3S. The molecule has 0 aliphatic carbocycles. The van der Waals surface area contributed by atoms with Crippen molar-refractivity contribution in [2.75, 3.05) is 12.8 Å². The zero-order valence-corrected chi connectivity index (χ0v) is 14.9. The largest absolute Gasteiger partial charge is 0.497 e. The third-order valence-corrected chi connectivity index (χ3v) is 4.16. The predicted molar refractivity (Wildman–Crippen MR) is 96.2 cm³/mol. The van der Waals surface area contributed by atoms with Crippen LogP contribution in [0.3, 0.4) is 0 Å². The summed E-state index contributed by atoms with van der Waals surface area (Å²) in [7, 11) is 1.62. The number of rotatable bonds is 5. The van der Waals surface area contributed by atoms with Crippen LogP contribution in [0.25, 0.3) is 16.4 Å². The normalized spacial score (nSPS) is 10.9. The van der Waals surface area contributed by atoms with Gasteiger partial charge in [0.25, 0.3) is 0 Å². The molecule has 8 heteroatoms. The van der Waals surface area contributed by atoms with Crippen molar-refractivity contribution < 1.29 is 14.3 Å². The van der Waals surface area contributed by atoms with Crippen LogP contribution < -0.4 is 10.5 Å². The first-order chi connectivity index (χ1) is 12.0. The number of anilines is 1. The minimum Gasteiger partial charge on any atom is -0.497 e. The molecule has 2 aromatic heterocycles. The molecule has 3 aromatic rings. The summed E-state index contributed by atoms with van der Waals surface area (Å²) in [6, 6.07) is 9.27. The van der Waals surface area contributed by atoms with E-state index in [1.807, 2.05) is 24.3 Å². The second-order valence-corrected chi connectivity index (χ2v) is 6.40. The predicted octanol–water partition coefficient (Wildman–Crippen LogP) is 3.15. The van der Waals surface area contributed by atoms with Gasteiger partial charge in [-0.15, -0.1) is 11.3 Å². The Hall–Kier alpha value is -2.87. The summed E-state index contributed by atoms with van der Waals surface area (Å²) < 4.78 is 11.8. The zero-order chi connectivity index (χ0) is 18.0. The molecule has 0 saturated carbocycles. The Morgan fingerprint density at radius 1 is 1.28 bits per heavy atom. The van der Waals surface area contributed by atoms with Crippen LogP contribution in [-0.2, 0) is 4.74 Å². The smallest absolute Gasteiger partial charge is 0.358 e. The maximum Gasteiger partial charge on any atom is 0.358 e. The van der Waals surface area contributed by atoms with Crippen LogP contribution in [0.4, 0.5) is 5.82 Å². The van der Waals surface area contributed by atoms with Crippen molar-refractivity contribution in [3.63, 3.8) is 0 Å². The van der Waals surface area contributed by atoms with Crippen molar-refractivity contribution in [1.82, 2.24) is 14.8 Å². The van der Waals surface area contributed by atoms with Gasteiger partial charge >= 0.3 is 5.97 Å². The Bertz CT molecular complexity index is 884. The number of carbonyl (C=O) groups is 1. The molecule has 0 unspecified atom stereocenters. The summed E-state index contributed by atoms with van der Waals surface area (Å²) in [5, 5.41) is 6.63. The first kappa shape index (κ1) is 17.0. The lowest BCUT2D eigenvalue weighted by atomic mass is 10.1. The van der Waals surface area contributed by atoms with E-state index < -0.39 is 5.97 Å². The minimum atomic E-state index is -0.460. The molecule has 0 saturated heterocycles.